The van der Waals surface area contributed by atoms with E-state index in [1.807, 2.05) is 14.0 Å². The molecule has 0 aromatic heterocycles. The number of nitrogens with zero attached hydrogens (tertiary/aromatic N) is 1. The van der Waals surface area contributed by atoms with E-state index < -0.39 is 0 Å². The minimum Gasteiger partial charge on any atom is -0.342 e. The first-order valence-electron chi connectivity index (χ1n) is 5.21. The van der Waals surface area contributed by atoms with Gasteiger partial charge in [-0.05, 0) is 19.8 Å². The summed E-state index contributed by atoms with van der Waals surface area (Å²) in [6.45, 7) is 7.20. The smallest absolute Gasteiger partial charge is 0.223 e. The molecule has 1 rings (SSSR count). The van der Waals surface area contributed by atoms with E-state index in [4.69, 9.17) is 0 Å². The van der Waals surface area contributed by atoms with Crippen molar-refractivity contribution in [2.75, 3.05) is 20.1 Å². The Balaban J connectivity index is 2.08. The van der Waals surface area contributed by atoms with E-state index in [9.17, 15) is 4.79 Å². The van der Waals surface area contributed by atoms with Gasteiger partial charge >= 0.3 is 0 Å². The van der Waals surface area contributed by atoms with Crippen LogP contribution in [0.1, 0.15) is 26.2 Å². The Morgan fingerprint density at radius 3 is 2.71 bits per heavy atom. The molecule has 1 N–H and O–H groups in total. The molecule has 0 spiro atoms. The topological polar surface area (TPSA) is 32.3 Å². The lowest BCUT2D eigenvalue weighted by molar-refractivity contribution is -0.129. The third-order valence-electron chi connectivity index (χ3n) is 2.28. The lowest BCUT2D eigenvalue weighted by atomic mass is 10.3. The van der Waals surface area contributed by atoms with E-state index >= 15 is 0 Å². The molecule has 1 aliphatic rings. The number of rotatable bonds is 6. The highest BCUT2D eigenvalue weighted by Crippen LogP contribution is 2.18. The van der Waals surface area contributed by atoms with Crippen LogP contribution in [0.15, 0.2) is 12.2 Å². The Kier molecular flexibility index (Phi) is 4.14. The number of hydrogen-bond donors (Lipinski definition) is 1. The minimum atomic E-state index is 0.196. The van der Waals surface area contributed by atoms with Gasteiger partial charge in [0, 0.05) is 32.6 Å². The minimum absolute atomic E-state index is 0.196. The maximum Gasteiger partial charge on any atom is 0.223 e. The molecule has 14 heavy (non-hydrogen) atoms. The third kappa shape index (κ3) is 4.42. The van der Waals surface area contributed by atoms with Gasteiger partial charge in [-0.25, -0.2) is 0 Å². The fraction of sp³-hybridized carbons (Fsp3) is 0.727. The summed E-state index contributed by atoms with van der Waals surface area (Å²) in [6.07, 6.45) is 3.14. The highest BCUT2D eigenvalue weighted by Gasteiger charge is 2.20. The molecule has 0 aliphatic heterocycles. The summed E-state index contributed by atoms with van der Waals surface area (Å²) in [5.74, 6) is 0.196. The molecule has 80 valence electrons. The number of likely N-dealkylation sites (N-methyl/N-ethyl adjacent to an activating group) is 1. The van der Waals surface area contributed by atoms with E-state index in [2.05, 4.69) is 11.9 Å². The summed E-state index contributed by atoms with van der Waals surface area (Å²) < 4.78 is 0. The van der Waals surface area contributed by atoms with E-state index in [1.165, 1.54) is 12.8 Å². The molecular weight excluding hydrogens is 176 g/mol. The van der Waals surface area contributed by atoms with Gasteiger partial charge in [0.25, 0.3) is 0 Å². The van der Waals surface area contributed by atoms with Crippen LogP contribution < -0.4 is 5.32 Å². The fourth-order valence-electron chi connectivity index (χ4n) is 1.35. The van der Waals surface area contributed by atoms with Crippen molar-refractivity contribution in [3.8, 4) is 0 Å². The number of amides is 1. The van der Waals surface area contributed by atoms with Gasteiger partial charge in [0.15, 0.2) is 0 Å². The largest absolute Gasteiger partial charge is 0.342 e. The van der Waals surface area contributed by atoms with Crippen LogP contribution in [0.25, 0.3) is 0 Å². The summed E-state index contributed by atoms with van der Waals surface area (Å²) in [5.41, 5.74) is 1.02. The Morgan fingerprint density at radius 2 is 2.21 bits per heavy atom. The molecule has 3 nitrogen and oxygen atoms in total. The monoisotopic (exact) mass is 196 g/mol. The number of carbonyl (C=O) groups excluding carboxylic acids is 1. The second-order valence-electron chi connectivity index (χ2n) is 4.19. The molecule has 0 saturated heterocycles. The SMILES string of the molecule is C=C(C)CN(C)C(=O)CCNC1CC1. The number of carbonyl (C=O) groups is 1. The maximum atomic E-state index is 11.5. The van der Waals surface area contributed by atoms with Gasteiger partial charge < -0.3 is 10.2 Å². The summed E-state index contributed by atoms with van der Waals surface area (Å²) in [5, 5.41) is 3.33. The predicted octanol–water partition coefficient (Wildman–Crippen LogP) is 1.16. The molecule has 0 radical (unpaired) electrons. The van der Waals surface area contributed by atoms with Crippen molar-refractivity contribution in [2.45, 2.75) is 32.2 Å². The molecule has 1 amide bonds. The van der Waals surface area contributed by atoms with Crippen LogP contribution in [0.2, 0.25) is 0 Å². The lowest BCUT2D eigenvalue weighted by Gasteiger charge is -2.17. The fourth-order valence-corrected chi connectivity index (χ4v) is 1.35. The Labute approximate surface area is 86.2 Å². The van der Waals surface area contributed by atoms with E-state index in [0.29, 0.717) is 19.0 Å². The van der Waals surface area contributed by atoms with E-state index in [0.717, 1.165) is 12.1 Å². The van der Waals surface area contributed by atoms with Crippen molar-refractivity contribution >= 4 is 5.91 Å². The van der Waals surface area contributed by atoms with Crippen molar-refractivity contribution in [1.29, 1.82) is 0 Å². The molecule has 0 aromatic rings. The Hall–Kier alpha value is -0.830. The van der Waals surface area contributed by atoms with Gasteiger partial charge in [-0.15, -0.1) is 0 Å². The van der Waals surface area contributed by atoms with Crippen molar-refractivity contribution in [3.63, 3.8) is 0 Å². The first-order valence-corrected chi connectivity index (χ1v) is 5.21. The van der Waals surface area contributed by atoms with Gasteiger partial charge in [-0.3, -0.25) is 4.79 Å². The van der Waals surface area contributed by atoms with Crippen molar-refractivity contribution in [2.24, 2.45) is 0 Å². The quantitative estimate of drug-likeness (QED) is 0.647. The summed E-state index contributed by atoms with van der Waals surface area (Å²) in [7, 11) is 1.83. The summed E-state index contributed by atoms with van der Waals surface area (Å²) in [4.78, 5) is 13.3. The first-order chi connectivity index (χ1) is 6.59. The average Bonchev–Trinajstić information content (AvgIpc) is 2.86. The normalized spacial score (nSPS) is 15.3. The van der Waals surface area contributed by atoms with E-state index in [1.54, 1.807) is 4.90 Å². The van der Waals surface area contributed by atoms with Gasteiger partial charge in [0.05, 0.1) is 0 Å². The highest BCUT2D eigenvalue weighted by molar-refractivity contribution is 5.76. The van der Waals surface area contributed by atoms with Gasteiger partial charge in [-0.1, -0.05) is 12.2 Å². The molecule has 0 heterocycles. The zero-order chi connectivity index (χ0) is 10.6. The molecule has 0 atom stereocenters. The van der Waals surface area contributed by atoms with Crippen LogP contribution in [0.5, 0.6) is 0 Å². The third-order valence-corrected chi connectivity index (χ3v) is 2.28. The molecular formula is C11H20N2O. The highest BCUT2D eigenvalue weighted by atomic mass is 16.2. The second-order valence-corrected chi connectivity index (χ2v) is 4.19. The zero-order valence-electron chi connectivity index (χ0n) is 9.18. The maximum absolute atomic E-state index is 11.5. The summed E-state index contributed by atoms with van der Waals surface area (Å²) >= 11 is 0. The van der Waals surface area contributed by atoms with Crippen LogP contribution in [0.4, 0.5) is 0 Å². The van der Waals surface area contributed by atoms with Crippen LogP contribution in [0, 0.1) is 0 Å². The van der Waals surface area contributed by atoms with E-state index in [-0.39, 0.29) is 5.91 Å². The molecule has 1 aliphatic carbocycles. The zero-order valence-corrected chi connectivity index (χ0v) is 9.18. The van der Waals surface area contributed by atoms with Gasteiger partial charge in [-0.2, -0.15) is 0 Å². The van der Waals surface area contributed by atoms with Crippen LogP contribution in [0.3, 0.4) is 0 Å². The van der Waals surface area contributed by atoms with Crippen molar-refractivity contribution in [1.82, 2.24) is 10.2 Å². The molecule has 1 fully saturated rings. The number of hydrogen-bond acceptors (Lipinski definition) is 2. The lowest BCUT2D eigenvalue weighted by Crippen LogP contribution is -2.31. The molecule has 0 aromatic carbocycles. The van der Waals surface area contributed by atoms with Crippen LogP contribution in [-0.4, -0.2) is 37.0 Å². The standard InChI is InChI=1S/C11H20N2O/c1-9(2)8-13(3)11(14)6-7-12-10-4-5-10/h10,12H,1,4-8H2,2-3H3. The molecule has 0 unspecified atom stereocenters. The van der Waals surface area contributed by atoms with Gasteiger partial charge in [0.1, 0.15) is 0 Å². The first kappa shape index (κ1) is 11.2. The summed E-state index contributed by atoms with van der Waals surface area (Å²) in [6, 6.07) is 0.689. The van der Waals surface area contributed by atoms with Crippen LogP contribution in [-0.2, 0) is 4.79 Å². The van der Waals surface area contributed by atoms with Gasteiger partial charge in [0.2, 0.25) is 5.91 Å². The molecule has 0 bridgehead atoms. The van der Waals surface area contributed by atoms with Crippen molar-refractivity contribution < 1.29 is 4.79 Å². The molecule has 1 saturated carbocycles. The Bertz CT molecular complexity index is 221. The average molecular weight is 196 g/mol. The van der Waals surface area contributed by atoms with Crippen molar-refractivity contribution in [3.05, 3.63) is 12.2 Å². The number of nitrogens with one attached hydrogen (secondary N) is 1. The predicted molar refractivity (Wildman–Crippen MR) is 58.1 cm³/mol. The molecule has 3 heteroatoms. The van der Waals surface area contributed by atoms with Crippen LogP contribution >= 0.6 is 0 Å². The Morgan fingerprint density at radius 1 is 1.57 bits per heavy atom. The second kappa shape index (κ2) is 5.15.